The Morgan fingerprint density at radius 1 is 1.33 bits per heavy atom. The number of carbonyl (C=O) groups excluding carboxylic acids is 2. The number of hydrogen-bond acceptors (Lipinski definition) is 5. The summed E-state index contributed by atoms with van der Waals surface area (Å²) >= 11 is 0. The molecule has 1 rings (SSSR count). The molecule has 0 spiro atoms. The number of nitrogens with one attached hydrogen (secondary N) is 1. The molecule has 0 aliphatic heterocycles. The SMILES string of the molecule is CCc1ccccc1C(=O)N[C@@H](CS(=O)(=O)O)C(=O)OC. The lowest BCUT2D eigenvalue weighted by Crippen LogP contribution is -2.46. The van der Waals surface area contributed by atoms with Crippen LogP contribution in [0.2, 0.25) is 0 Å². The first kappa shape index (κ1) is 17.1. The van der Waals surface area contributed by atoms with Crippen LogP contribution in [0.5, 0.6) is 0 Å². The molecular weight excluding hydrogens is 298 g/mol. The predicted molar refractivity (Wildman–Crippen MR) is 75.5 cm³/mol. The third-order valence-electron chi connectivity index (χ3n) is 2.81. The summed E-state index contributed by atoms with van der Waals surface area (Å²) in [4.78, 5) is 23.6. The van der Waals surface area contributed by atoms with E-state index in [1.807, 2.05) is 6.92 Å². The van der Waals surface area contributed by atoms with E-state index in [0.29, 0.717) is 12.0 Å². The van der Waals surface area contributed by atoms with Crippen LogP contribution in [0.25, 0.3) is 0 Å². The van der Waals surface area contributed by atoms with Gasteiger partial charge in [-0.3, -0.25) is 9.35 Å². The van der Waals surface area contributed by atoms with Gasteiger partial charge in [0.15, 0.2) is 0 Å². The molecule has 1 atom stereocenters. The fraction of sp³-hybridized carbons (Fsp3) is 0.385. The molecule has 0 fully saturated rings. The highest BCUT2D eigenvalue weighted by Gasteiger charge is 2.27. The molecule has 0 saturated heterocycles. The largest absolute Gasteiger partial charge is 0.467 e. The summed E-state index contributed by atoms with van der Waals surface area (Å²) in [5.41, 5.74) is 1.09. The van der Waals surface area contributed by atoms with Gasteiger partial charge in [-0.2, -0.15) is 8.42 Å². The molecule has 0 aliphatic carbocycles. The molecule has 1 aromatic rings. The van der Waals surface area contributed by atoms with Gasteiger partial charge < -0.3 is 10.1 Å². The summed E-state index contributed by atoms with van der Waals surface area (Å²) in [6.45, 7) is 1.86. The van der Waals surface area contributed by atoms with Gasteiger partial charge in [0.1, 0.15) is 11.8 Å². The Balaban J connectivity index is 2.97. The van der Waals surface area contributed by atoms with Gasteiger partial charge in [0.25, 0.3) is 16.0 Å². The van der Waals surface area contributed by atoms with Crippen LogP contribution < -0.4 is 5.32 Å². The number of ether oxygens (including phenoxy) is 1. The Morgan fingerprint density at radius 2 is 1.95 bits per heavy atom. The van der Waals surface area contributed by atoms with Crippen LogP contribution in [-0.4, -0.2) is 43.8 Å². The van der Waals surface area contributed by atoms with Gasteiger partial charge in [-0.15, -0.1) is 0 Å². The zero-order valence-electron chi connectivity index (χ0n) is 11.7. The van der Waals surface area contributed by atoms with E-state index in [1.54, 1.807) is 24.3 Å². The maximum atomic E-state index is 12.1. The Morgan fingerprint density at radius 3 is 2.48 bits per heavy atom. The van der Waals surface area contributed by atoms with Crippen molar-refractivity contribution in [3.05, 3.63) is 35.4 Å². The highest BCUT2D eigenvalue weighted by atomic mass is 32.2. The van der Waals surface area contributed by atoms with E-state index in [9.17, 15) is 18.0 Å². The Kier molecular flexibility index (Phi) is 5.86. The number of methoxy groups -OCH3 is 1. The first-order valence-corrected chi connectivity index (χ1v) is 7.81. The van der Waals surface area contributed by atoms with Crippen molar-refractivity contribution in [3.63, 3.8) is 0 Å². The quantitative estimate of drug-likeness (QED) is 0.581. The summed E-state index contributed by atoms with van der Waals surface area (Å²) in [6.07, 6.45) is 0.602. The van der Waals surface area contributed by atoms with Crippen LogP contribution in [-0.2, 0) is 26.1 Å². The lowest BCUT2D eigenvalue weighted by Gasteiger charge is -2.16. The third kappa shape index (κ3) is 5.16. The molecule has 1 aromatic carbocycles. The standard InChI is InChI=1S/C13H17NO6S/c1-3-9-6-4-5-7-10(9)12(15)14-11(13(16)20-2)8-21(17,18)19/h4-7,11H,3,8H2,1-2H3,(H,14,15)(H,17,18,19)/t11-/m0/s1. The molecule has 116 valence electrons. The van der Waals surface area contributed by atoms with Gasteiger partial charge >= 0.3 is 5.97 Å². The monoisotopic (exact) mass is 315 g/mol. The fourth-order valence-electron chi connectivity index (χ4n) is 1.81. The van der Waals surface area contributed by atoms with Crippen molar-refractivity contribution in [1.82, 2.24) is 5.32 Å². The summed E-state index contributed by atoms with van der Waals surface area (Å²) in [6, 6.07) is 5.28. The molecule has 0 heterocycles. The van der Waals surface area contributed by atoms with Gasteiger partial charge in [-0.25, -0.2) is 4.79 Å². The van der Waals surface area contributed by atoms with Gasteiger partial charge in [0.2, 0.25) is 0 Å². The number of amides is 1. The van der Waals surface area contributed by atoms with E-state index >= 15 is 0 Å². The van der Waals surface area contributed by atoms with Gasteiger partial charge in [0, 0.05) is 5.56 Å². The second-order valence-corrected chi connectivity index (χ2v) is 5.81. The van der Waals surface area contributed by atoms with Crippen molar-refractivity contribution in [3.8, 4) is 0 Å². The molecule has 0 unspecified atom stereocenters. The maximum absolute atomic E-state index is 12.1. The van der Waals surface area contributed by atoms with Crippen LogP contribution in [0.15, 0.2) is 24.3 Å². The third-order valence-corrected chi connectivity index (χ3v) is 3.57. The number of hydrogen-bond donors (Lipinski definition) is 2. The first-order chi connectivity index (χ1) is 9.78. The molecule has 7 nitrogen and oxygen atoms in total. The minimum atomic E-state index is -4.44. The predicted octanol–water partition coefficient (Wildman–Crippen LogP) is 0.408. The minimum absolute atomic E-state index is 0.337. The molecular formula is C13H17NO6S. The van der Waals surface area contributed by atoms with Crippen molar-refractivity contribution >= 4 is 22.0 Å². The van der Waals surface area contributed by atoms with E-state index in [1.165, 1.54) is 0 Å². The molecule has 0 radical (unpaired) electrons. The average molecular weight is 315 g/mol. The van der Waals surface area contributed by atoms with Crippen LogP contribution in [0, 0.1) is 0 Å². The second kappa shape index (κ2) is 7.19. The number of aryl methyl sites for hydroxylation is 1. The van der Waals surface area contributed by atoms with Gasteiger partial charge in [-0.05, 0) is 18.1 Å². The van der Waals surface area contributed by atoms with E-state index in [2.05, 4.69) is 10.1 Å². The zero-order valence-corrected chi connectivity index (χ0v) is 12.5. The van der Waals surface area contributed by atoms with E-state index in [0.717, 1.165) is 12.7 Å². The molecule has 2 N–H and O–H groups in total. The number of carbonyl (C=O) groups is 2. The van der Waals surface area contributed by atoms with Crippen LogP contribution >= 0.6 is 0 Å². The van der Waals surface area contributed by atoms with Crippen LogP contribution in [0.1, 0.15) is 22.8 Å². The minimum Gasteiger partial charge on any atom is -0.467 e. The average Bonchev–Trinajstić information content (AvgIpc) is 2.44. The maximum Gasteiger partial charge on any atom is 0.329 e. The zero-order chi connectivity index (χ0) is 16.0. The molecule has 1 amide bonds. The first-order valence-electron chi connectivity index (χ1n) is 6.20. The molecule has 0 bridgehead atoms. The Bertz CT molecular complexity index is 625. The summed E-state index contributed by atoms with van der Waals surface area (Å²) in [5.74, 6) is -2.50. The number of esters is 1. The van der Waals surface area contributed by atoms with Crippen molar-refractivity contribution in [2.45, 2.75) is 19.4 Å². The smallest absolute Gasteiger partial charge is 0.329 e. The normalized spacial score (nSPS) is 12.5. The molecule has 8 heteroatoms. The van der Waals surface area contributed by atoms with E-state index in [4.69, 9.17) is 4.55 Å². The van der Waals surface area contributed by atoms with Crippen molar-refractivity contribution in [1.29, 1.82) is 0 Å². The van der Waals surface area contributed by atoms with Crippen molar-refractivity contribution in [2.24, 2.45) is 0 Å². The second-order valence-electron chi connectivity index (χ2n) is 4.31. The highest BCUT2D eigenvalue weighted by Crippen LogP contribution is 2.10. The van der Waals surface area contributed by atoms with Crippen LogP contribution in [0.4, 0.5) is 0 Å². The Hall–Kier alpha value is -1.93. The topological polar surface area (TPSA) is 110 Å². The Labute approximate surface area is 123 Å². The molecule has 0 saturated carbocycles. The fourth-order valence-corrected chi connectivity index (χ4v) is 2.45. The van der Waals surface area contributed by atoms with E-state index in [-0.39, 0.29) is 0 Å². The van der Waals surface area contributed by atoms with Crippen LogP contribution in [0.3, 0.4) is 0 Å². The van der Waals surface area contributed by atoms with E-state index < -0.39 is 33.8 Å². The van der Waals surface area contributed by atoms with Gasteiger partial charge in [-0.1, -0.05) is 25.1 Å². The number of benzene rings is 1. The summed E-state index contributed by atoms with van der Waals surface area (Å²) in [7, 11) is -3.38. The lowest BCUT2D eigenvalue weighted by atomic mass is 10.0. The summed E-state index contributed by atoms with van der Waals surface area (Å²) < 4.78 is 35.1. The van der Waals surface area contributed by atoms with Crippen molar-refractivity contribution in [2.75, 3.05) is 12.9 Å². The summed E-state index contributed by atoms with van der Waals surface area (Å²) in [5, 5.41) is 2.26. The number of rotatable bonds is 6. The van der Waals surface area contributed by atoms with Gasteiger partial charge in [0.05, 0.1) is 7.11 Å². The lowest BCUT2D eigenvalue weighted by molar-refractivity contribution is -0.142. The molecule has 21 heavy (non-hydrogen) atoms. The highest BCUT2D eigenvalue weighted by molar-refractivity contribution is 7.85. The molecule has 0 aromatic heterocycles. The van der Waals surface area contributed by atoms with Crippen molar-refractivity contribution < 1.29 is 27.3 Å². The molecule has 0 aliphatic rings.